The minimum atomic E-state index is 0.142. The number of hydrogen-bond acceptors (Lipinski definition) is 3. The zero-order valence-electron chi connectivity index (χ0n) is 14.0. The molecule has 0 atom stereocenters. The third-order valence-corrected chi connectivity index (χ3v) is 3.22. The molecule has 0 saturated carbocycles. The molecule has 1 aromatic rings. The molecule has 0 radical (unpaired) electrons. The van der Waals surface area contributed by atoms with Gasteiger partial charge in [0.15, 0.2) is 0 Å². The van der Waals surface area contributed by atoms with Crippen molar-refractivity contribution < 1.29 is 4.74 Å². The van der Waals surface area contributed by atoms with Gasteiger partial charge in [0.05, 0.1) is 6.61 Å². The number of benzene rings is 1. The third-order valence-electron chi connectivity index (χ3n) is 3.22. The third kappa shape index (κ3) is 8.00. The molecule has 0 spiro atoms. The topological polar surface area (TPSA) is 24.5 Å². The van der Waals surface area contributed by atoms with Crippen LogP contribution >= 0.6 is 0 Å². The van der Waals surface area contributed by atoms with E-state index in [0.29, 0.717) is 0 Å². The minimum Gasteiger partial charge on any atom is -0.383 e. The molecule has 0 unspecified atom stereocenters. The van der Waals surface area contributed by atoms with Crippen molar-refractivity contribution in [3.05, 3.63) is 48.0 Å². The van der Waals surface area contributed by atoms with Gasteiger partial charge in [0, 0.05) is 38.8 Å². The highest BCUT2D eigenvalue weighted by Gasteiger charge is 2.09. The standard InChI is InChI=1S/C18H30N2O/c1-6-10-20(11-12-21-5)15-17-9-7-8-16(13-17)14-19-18(2,3)4/h6-9,13,19H,1,10-12,14-15H2,2-5H3. The van der Waals surface area contributed by atoms with Crippen LogP contribution in [0.25, 0.3) is 0 Å². The molecule has 0 heterocycles. The normalized spacial score (nSPS) is 11.9. The molecule has 1 rings (SSSR count). The molecule has 0 saturated heterocycles. The van der Waals surface area contributed by atoms with Crippen molar-refractivity contribution in [1.29, 1.82) is 0 Å². The number of ether oxygens (including phenoxy) is 1. The van der Waals surface area contributed by atoms with E-state index >= 15 is 0 Å². The second kappa shape index (κ2) is 8.98. The van der Waals surface area contributed by atoms with Gasteiger partial charge in [0.2, 0.25) is 0 Å². The van der Waals surface area contributed by atoms with E-state index in [1.165, 1.54) is 11.1 Å². The van der Waals surface area contributed by atoms with E-state index in [4.69, 9.17) is 4.74 Å². The maximum atomic E-state index is 5.17. The Morgan fingerprint density at radius 1 is 1.29 bits per heavy atom. The van der Waals surface area contributed by atoms with Gasteiger partial charge < -0.3 is 10.1 Å². The van der Waals surface area contributed by atoms with Crippen LogP contribution in [0.2, 0.25) is 0 Å². The first-order valence-corrected chi connectivity index (χ1v) is 7.59. The van der Waals surface area contributed by atoms with E-state index in [1.54, 1.807) is 7.11 Å². The first kappa shape index (κ1) is 17.9. The molecule has 0 aliphatic rings. The molecule has 3 nitrogen and oxygen atoms in total. The van der Waals surface area contributed by atoms with E-state index in [2.05, 4.69) is 61.8 Å². The van der Waals surface area contributed by atoms with Crippen molar-refractivity contribution in [2.24, 2.45) is 0 Å². The largest absolute Gasteiger partial charge is 0.383 e. The molecule has 0 aliphatic heterocycles. The van der Waals surface area contributed by atoms with Gasteiger partial charge in [-0.15, -0.1) is 6.58 Å². The highest BCUT2D eigenvalue weighted by Crippen LogP contribution is 2.10. The predicted octanol–water partition coefficient (Wildman–Crippen LogP) is 3.21. The van der Waals surface area contributed by atoms with E-state index in [0.717, 1.165) is 32.8 Å². The molecule has 0 aromatic heterocycles. The van der Waals surface area contributed by atoms with Gasteiger partial charge in [-0.1, -0.05) is 30.3 Å². The van der Waals surface area contributed by atoms with Gasteiger partial charge in [-0.25, -0.2) is 0 Å². The van der Waals surface area contributed by atoms with Gasteiger partial charge in [-0.3, -0.25) is 4.90 Å². The Labute approximate surface area is 130 Å². The van der Waals surface area contributed by atoms with Gasteiger partial charge in [-0.2, -0.15) is 0 Å². The molecular weight excluding hydrogens is 260 g/mol. The first-order valence-electron chi connectivity index (χ1n) is 7.59. The Balaban J connectivity index is 2.62. The van der Waals surface area contributed by atoms with Gasteiger partial charge in [0.1, 0.15) is 0 Å². The Hall–Kier alpha value is -1.16. The van der Waals surface area contributed by atoms with Crippen LogP contribution in [-0.4, -0.2) is 37.2 Å². The molecule has 0 aliphatic carbocycles. The fourth-order valence-electron chi connectivity index (χ4n) is 2.10. The smallest absolute Gasteiger partial charge is 0.0589 e. The Kier molecular flexibility index (Phi) is 7.65. The summed E-state index contributed by atoms with van der Waals surface area (Å²) < 4.78 is 5.17. The summed E-state index contributed by atoms with van der Waals surface area (Å²) in [6.07, 6.45) is 1.95. The van der Waals surface area contributed by atoms with E-state index in [9.17, 15) is 0 Å². The van der Waals surface area contributed by atoms with Gasteiger partial charge in [0.25, 0.3) is 0 Å². The van der Waals surface area contributed by atoms with Crippen molar-refractivity contribution in [2.75, 3.05) is 26.8 Å². The molecule has 0 amide bonds. The summed E-state index contributed by atoms with van der Waals surface area (Å²) in [4.78, 5) is 2.34. The zero-order valence-corrected chi connectivity index (χ0v) is 14.0. The Morgan fingerprint density at radius 2 is 2.00 bits per heavy atom. The van der Waals surface area contributed by atoms with Crippen LogP contribution in [0.3, 0.4) is 0 Å². The SMILES string of the molecule is C=CCN(CCOC)Cc1cccc(CNC(C)(C)C)c1. The molecule has 21 heavy (non-hydrogen) atoms. The molecular formula is C18H30N2O. The summed E-state index contributed by atoms with van der Waals surface area (Å²) in [5.74, 6) is 0. The lowest BCUT2D eigenvalue weighted by Crippen LogP contribution is -2.35. The fraction of sp³-hybridized carbons (Fsp3) is 0.556. The Bertz CT molecular complexity index is 423. The van der Waals surface area contributed by atoms with Crippen molar-refractivity contribution >= 4 is 0 Å². The lowest BCUT2D eigenvalue weighted by Gasteiger charge is -2.22. The lowest BCUT2D eigenvalue weighted by molar-refractivity contribution is 0.151. The lowest BCUT2D eigenvalue weighted by atomic mass is 10.1. The number of nitrogens with one attached hydrogen (secondary N) is 1. The van der Waals surface area contributed by atoms with Gasteiger partial charge >= 0.3 is 0 Å². The number of methoxy groups -OCH3 is 1. The second-order valence-electron chi connectivity index (χ2n) is 6.44. The second-order valence-corrected chi connectivity index (χ2v) is 6.44. The van der Waals surface area contributed by atoms with Crippen molar-refractivity contribution in [2.45, 2.75) is 39.4 Å². The van der Waals surface area contributed by atoms with Crippen LogP contribution < -0.4 is 5.32 Å². The summed E-state index contributed by atoms with van der Waals surface area (Å²) in [6, 6.07) is 8.78. The summed E-state index contributed by atoms with van der Waals surface area (Å²) >= 11 is 0. The maximum absolute atomic E-state index is 5.17. The van der Waals surface area contributed by atoms with Crippen molar-refractivity contribution in [3.8, 4) is 0 Å². The van der Waals surface area contributed by atoms with E-state index in [1.807, 2.05) is 6.08 Å². The van der Waals surface area contributed by atoms with E-state index in [-0.39, 0.29) is 5.54 Å². The molecule has 1 N–H and O–H groups in total. The Morgan fingerprint density at radius 3 is 2.62 bits per heavy atom. The zero-order chi connectivity index (χ0) is 15.7. The highest BCUT2D eigenvalue weighted by atomic mass is 16.5. The molecule has 118 valence electrons. The molecule has 0 bridgehead atoms. The van der Waals surface area contributed by atoms with E-state index < -0.39 is 0 Å². The monoisotopic (exact) mass is 290 g/mol. The van der Waals surface area contributed by atoms with Crippen LogP contribution in [-0.2, 0) is 17.8 Å². The average Bonchev–Trinajstić information content (AvgIpc) is 2.42. The summed E-state index contributed by atoms with van der Waals surface area (Å²) in [5.41, 5.74) is 2.80. The highest BCUT2D eigenvalue weighted by molar-refractivity contribution is 5.23. The number of nitrogens with zero attached hydrogens (tertiary/aromatic N) is 1. The average molecular weight is 290 g/mol. The van der Waals surface area contributed by atoms with Gasteiger partial charge in [-0.05, 0) is 31.9 Å². The quantitative estimate of drug-likeness (QED) is 0.707. The van der Waals surface area contributed by atoms with Crippen LogP contribution in [0, 0.1) is 0 Å². The fourth-order valence-corrected chi connectivity index (χ4v) is 2.10. The molecule has 3 heteroatoms. The number of hydrogen-bond donors (Lipinski definition) is 1. The molecule has 1 aromatic carbocycles. The number of rotatable bonds is 9. The van der Waals surface area contributed by atoms with Crippen LogP contribution in [0.5, 0.6) is 0 Å². The maximum Gasteiger partial charge on any atom is 0.0589 e. The van der Waals surface area contributed by atoms with Crippen LogP contribution in [0.4, 0.5) is 0 Å². The summed E-state index contributed by atoms with van der Waals surface area (Å²) in [5, 5.41) is 3.53. The predicted molar refractivity (Wildman–Crippen MR) is 90.4 cm³/mol. The van der Waals surface area contributed by atoms with Crippen LogP contribution in [0.1, 0.15) is 31.9 Å². The molecule has 0 fully saturated rings. The van der Waals surface area contributed by atoms with Crippen molar-refractivity contribution in [3.63, 3.8) is 0 Å². The first-order chi connectivity index (χ1) is 9.94. The van der Waals surface area contributed by atoms with Crippen LogP contribution in [0.15, 0.2) is 36.9 Å². The summed E-state index contributed by atoms with van der Waals surface area (Å²) in [7, 11) is 1.74. The minimum absolute atomic E-state index is 0.142. The van der Waals surface area contributed by atoms with Crippen molar-refractivity contribution in [1.82, 2.24) is 10.2 Å². The summed E-state index contributed by atoms with van der Waals surface area (Å²) in [6.45, 7) is 14.8.